The van der Waals surface area contributed by atoms with Crippen LogP contribution in [-0.2, 0) is 4.57 Å². The Morgan fingerprint density at radius 3 is 0.696 bits per heavy atom. The Hall–Kier alpha value is -12.2. The van der Waals surface area contributed by atoms with Crippen molar-refractivity contribution in [1.29, 1.82) is 0 Å². The zero-order valence-electron chi connectivity index (χ0n) is 64.2. The molecule has 0 aliphatic heterocycles. The predicted octanol–water partition coefficient (Wildman–Crippen LogP) is 29.1. The molecule has 0 aliphatic rings. The van der Waals surface area contributed by atoms with E-state index in [-0.39, 0.29) is 0 Å². The highest BCUT2D eigenvalue weighted by atomic mass is 31.2. The van der Waals surface area contributed by atoms with Crippen LogP contribution in [0.5, 0.6) is 0 Å². The van der Waals surface area contributed by atoms with Crippen molar-refractivity contribution in [2.45, 2.75) is 0 Å². The second-order valence-corrected chi connectivity index (χ2v) is 41.9. The van der Waals surface area contributed by atoms with Crippen LogP contribution < -0.4 is 15.9 Å². The third-order valence-electron chi connectivity index (χ3n) is 22.0. The zero-order chi connectivity index (χ0) is 76.7. The number of fused-ring (bicyclic) bond motifs is 7. The van der Waals surface area contributed by atoms with Crippen molar-refractivity contribution in [3.05, 3.63) is 394 Å². The molecule has 19 rings (SSSR count). The molecule has 0 spiro atoms. The van der Waals surface area contributed by atoms with E-state index in [2.05, 4.69) is 421 Å². The van der Waals surface area contributed by atoms with Gasteiger partial charge in [0, 0.05) is 5.30 Å². The van der Waals surface area contributed by atoms with Crippen LogP contribution in [0.1, 0.15) is 0 Å². The SMILES string of the molecule is C=P(C)(C)c1cccc(-c2cccc(-c3c4ccccc4c(-c4ccc5ccccc5c4)c4ccccc34)c2)c1.C=P(C)(C)c1cccc(-c2cccc(-c3c4ccccc4c(-c4ccccc4)c4ccccc34)c2)c1.CP(C)(=O)c1ccc(-c2cccc(-c3c4ccccc4c(-c4ccccc4)c4ccccc34)c2)cc1. The monoisotopic (exact) mass is 1490 g/mol. The first-order chi connectivity index (χ1) is 54.5. The van der Waals surface area contributed by atoms with E-state index in [0.29, 0.717) is 0 Å². The summed E-state index contributed by atoms with van der Waals surface area (Å²) in [6, 6.07) is 143. The van der Waals surface area contributed by atoms with Crippen LogP contribution in [0.2, 0.25) is 0 Å². The quantitative estimate of drug-likeness (QED) is 0.0880. The van der Waals surface area contributed by atoms with Crippen LogP contribution in [-0.4, -0.2) is 52.6 Å². The lowest BCUT2D eigenvalue weighted by molar-refractivity contribution is 0.588. The lowest BCUT2D eigenvalue weighted by Crippen LogP contribution is -2.02. The molecule has 19 aromatic carbocycles. The third kappa shape index (κ3) is 14.5. The van der Waals surface area contributed by atoms with Gasteiger partial charge in [0.05, 0.1) is 0 Å². The van der Waals surface area contributed by atoms with Crippen molar-refractivity contribution in [3.8, 4) is 100 Å². The van der Waals surface area contributed by atoms with E-state index < -0.39 is 20.9 Å². The van der Waals surface area contributed by atoms with Gasteiger partial charge in [-0.2, -0.15) is 0 Å². The van der Waals surface area contributed by atoms with Gasteiger partial charge >= 0.3 is 0 Å². The maximum atomic E-state index is 12.5. The molecule has 19 aromatic rings. The molecule has 540 valence electrons. The summed E-state index contributed by atoms with van der Waals surface area (Å²) in [5.41, 5.74) is 22.4. The smallest absolute Gasteiger partial charge is 0.109 e. The highest BCUT2D eigenvalue weighted by molar-refractivity contribution is 7.79. The van der Waals surface area contributed by atoms with Gasteiger partial charge in [-0.1, -0.05) is 384 Å². The molecule has 0 amide bonds. The maximum Gasteiger partial charge on any atom is 0.109 e. The standard InChI is InChI=1S/C39H31P.C35H29P.C34H27OP/c1-40(2,3)33-17-11-15-30(26-33)29-14-10-16-31(25-29)38-34-18-6-8-20-36(34)39(37-21-9-7-19-35(37)38)32-23-22-27-12-4-5-13-28(27)24-32;1-36(2,3)29-18-12-16-27(24-29)26-15-11-17-28(23-26)35-32-21-9-7-19-30(32)34(25-13-5-4-6-14-25)31-20-8-10-22-33(31)35;1-36(2,35)28-21-19-24(20-22-28)26-13-10-14-27(23-26)34-31-17-8-6-15-29(31)33(25-11-4-3-5-12-25)30-16-7-9-18-32(30)34/h4-26H,1H2,2-3H3;4-24H,1H2,2-3H3;3-23H,1-2H3. The van der Waals surface area contributed by atoms with Crippen molar-refractivity contribution < 1.29 is 4.57 Å². The molecular formula is C108H87OP3. The Kier molecular flexibility index (Phi) is 19.9. The van der Waals surface area contributed by atoms with E-state index >= 15 is 0 Å². The Balaban J connectivity index is 0.000000122. The van der Waals surface area contributed by atoms with Crippen molar-refractivity contribution >= 4 is 125 Å². The molecule has 0 unspecified atom stereocenters. The predicted molar refractivity (Wildman–Crippen MR) is 501 cm³/mol. The van der Waals surface area contributed by atoms with Gasteiger partial charge in [-0.05, 0) is 263 Å². The molecule has 0 saturated heterocycles. The van der Waals surface area contributed by atoms with Gasteiger partial charge in [0.1, 0.15) is 7.14 Å². The van der Waals surface area contributed by atoms with Crippen LogP contribution in [0.4, 0.5) is 0 Å². The van der Waals surface area contributed by atoms with Gasteiger partial charge in [-0.3, -0.25) is 0 Å². The molecule has 0 aliphatic carbocycles. The van der Waals surface area contributed by atoms with E-state index in [4.69, 9.17) is 0 Å². The second-order valence-electron chi connectivity index (χ2n) is 30.9. The second kappa shape index (κ2) is 30.6. The van der Waals surface area contributed by atoms with Gasteiger partial charge in [0.25, 0.3) is 0 Å². The zero-order valence-corrected chi connectivity index (χ0v) is 66.9. The molecule has 0 atom stereocenters. The van der Waals surface area contributed by atoms with Gasteiger partial charge in [-0.15, -0.1) is 0 Å². The molecule has 112 heavy (non-hydrogen) atoms. The molecule has 0 bridgehead atoms. The molecule has 1 nitrogen and oxygen atoms in total. The lowest BCUT2D eigenvalue weighted by atomic mass is 9.85. The minimum Gasteiger partial charge on any atom is -0.319 e. The van der Waals surface area contributed by atoms with Crippen molar-refractivity contribution in [1.82, 2.24) is 0 Å². The van der Waals surface area contributed by atoms with Gasteiger partial charge in [0.15, 0.2) is 0 Å². The van der Waals surface area contributed by atoms with E-state index in [0.717, 1.165) is 16.4 Å². The number of rotatable bonds is 12. The lowest BCUT2D eigenvalue weighted by Gasteiger charge is -2.19. The van der Waals surface area contributed by atoms with Crippen LogP contribution >= 0.6 is 20.9 Å². The Morgan fingerprint density at radius 2 is 0.393 bits per heavy atom. The first-order valence-electron chi connectivity index (χ1n) is 38.4. The normalized spacial score (nSPS) is 11.8. The summed E-state index contributed by atoms with van der Waals surface area (Å²) < 4.78 is 12.5. The number of benzene rings is 19. The van der Waals surface area contributed by atoms with Gasteiger partial charge in [-0.25, -0.2) is 0 Å². The van der Waals surface area contributed by atoms with Crippen molar-refractivity contribution in [2.75, 3.05) is 40.0 Å². The van der Waals surface area contributed by atoms with Crippen LogP contribution in [0.15, 0.2) is 394 Å². The summed E-state index contributed by atoms with van der Waals surface area (Å²) in [5, 5.41) is 21.4. The minimum atomic E-state index is -2.27. The Morgan fingerprint density at radius 1 is 0.170 bits per heavy atom. The minimum absolute atomic E-state index is 0.913. The summed E-state index contributed by atoms with van der Waals surface area (Å²) >= 11 is 0. The fourth-order valence-electron chi connectivity index (χ4n) is 16.5. The summed E-state index contributed by atoms with van der Waals surface area (Å²) in [7, 11) is -2.27. The molecule has 4 heteroatoms. The first-order valence-corrected chi connectivity index (χ1v) is 46.8. The van der Waals surface area contributed by atoms with Crippen LogP contribution in [0.25, 0.3) is 176 Å². The van der Waals surface area contributed by atoms with Crippen LogP contribution in [0, 0.1) is 0 Å². The molecule has 0 heterocycles. The Bertz CT molecular complexity index is 6800. The van der Waals surface area contributed by atoms with E-state index in [1.165, 1.54) is 175 Å². The highest BCUT2D eigenvalue weighted by Gasteiger charge is 2.22. The highest BCUT2D eigenvalue weighted by Crippen LogP contribution is 2.49. The fraction of sp³-hybridized carbons (Fsp3) is 0.0556. The van der Waals surface area contributed by atoms with Crippen molar-refractivity contribution in [2.24, 2.45) is 0 Å². The molecule has 0 saturated carbocycles. The topological polar surface area (TPSA) is 17.1 Å². The van der Waals surface area contributed by atoms with Gasteiger partial charge in [0.2, 0.25) is 0 Å². The first kappa shape index (κ1) is 72.7. The molecule has 0 radical (unpaired) electrons. The summed E-state index contributed by atoms with van der Waals surface area (Å²) in [6.45, 7) is 10.0. The summed E-state index contributed by atoms with van der Waals surface area (Å²) in [4.78, 5) is 0. The summed E-state index contributed by atoms with van der Waals surface area (Å²) in [6.07, 6.45) is 8.92. The van der Waals surface area contributed by atoms with E-state index in [1.54, 1.807) is 0 Å². The Labute approximate surface area is 659 Å². The number of hydrogen-bond acceptors (Lipinski definition) is 1. The van der Waals surface area contributed by atoms with Gasteiger partial charge < -0.3 is 4.57 Å². The number of hydrogen-bond donors (Lipinski definition) is 0. The van der Waals surface area contributed by atoms with E-state index in [1.807, 2.05) is 25.5 Å². The van der Waals surface area contributed by atoms with Crippen molar-refractivity contribution in [3.63, 3.8) is 0 Å². The molecule has 0 N–H and O–H groups in total. The average molecular weight is 1490 g/mol. The third-order valence-corrected chi connectivity index (χ3v) is 26.9. The molecule has 0 aromatic heterocycles. The molecular weight excluding hydrogens is 1410 g/mol. The average Bonchev–Trinajstić information content (AvgIpc) is 0.746. The summed E-state index contributed by atoms with van der Waals surface area (Å²) in [5.74, 6) is 0. The van der Waals surface area contributed by atoms with Crippen LogP contribution in [0.3, 0.4) is 0 Å². The largest absolute Gasteiger partial charge is 0.319 e. The van der Waals surface area contributed by atoms with E-state index in [9.17, 15) is 4.57 Å². The maximum absolute atomic E-state index is 12.5. The molecule has 0 fully saturated rings. The fourth-order valence-corrected chi connectivity index (χ4v) is 19.3.